The van der Waals surface area contributed by atoms with E-state index in [1.807, 2.05) is 36.4 Å². The maximum absolute atomic E-state index is 13.9. The molecule has 3 aliphatic heterocycles. The Hall–Kier alpha value is -6.36. The van der Waals surface area contributed by atoms with Crippen molar-refractivity contribution in [2.45, 2.75) is 252 Å². The van der Waals surface area contributed by atoms with Gasteiger partial charge in [-0.15, -0.1) is 0 Å². The summed E-state index contributed by atoms with van der Waals surface area (Å²) in [6.45, 7) is 12.7. The molecule has 0 spiro atoms. The fourth-order valence-corrected chi connectivity index (χ4v) is 19.0. The fraction of sp³-hybridized carbons (Fsp3) is 0.619. The van der Waals surface area contributed by atoms with Crippen LogP contribution in [0.1, 0.15) is 299 Å². The van der Waals surface area contributed by atoms with Gasteiger partial charge in [-0.2, -0.15) is 0 Å². The molecule has 10 unspecified atom stereocenters. The summed E-state index contributed by atoms with van der Waals surface area (Å²) >= 11 is 0. The van der Waals surface area contributed by atoms with Gasteiger partial charge in [-0.1, -0.05) is 213 Å². The van der Waals surface area contributed by atoms with E-state index in [0.29, 0.717) is 94.5 Å². The van der Waals surface area contributed by atoms with Crippen LogP contribution in [0.15, 0.2) is 97.1 Å². The number of rotatable bonds is 39. The molecule has 11 rings (SSSR count). The van der Waals surface area contributed by atoms with Gasteiger partial charge in [-0.25, -0.2) is 0 Å². The normalized spacial score (nSPS) is 24.5. The van der Waals surface area contributed by atoms with Crippen molar-refractivity contribution in [2.24, 2.45) is 59.2 Å². The molecular weight excluding hydrogens is 1180 g/mol. The van der Waals surface area contributed by atoms with Crippen molar-refractivity contribution in [1.82, 2.24) is 14.7 Å². The Labute approximate surface area is 569 Å². The Balaban J connectivity index is 0.608. The lowest BCUT2D eigenvalue weighted by atomic mass is 9.61. The van der Waals surface area contributed by atoms with Gasteiger partial charge < -0.3 is 9.47 Å². The zero-order valence-corrected chi connectivity index (χ0v) is 58.6. The van der Waals surface area contributed by atoms with Crippen LogP contribution in [-0.4, -0.2) is 69.8 Å². The van der Waals surface area contributed by atoms with Crippen LogP contribution in [0.5, 0.6) is 23.0 Å². The molecule has 7 aliphatic rings. The van der Waals surface area contributed by atoms with E-state index in [2.05, 4.69) is 46.8 Å². The summed E-state index contributed by atoms with van der Waals surface area (Å²) in [7, 11) is 0. The van der Waals surface area contributed by atoms with Crippen LogP contribution in [0.25, 0.3) is 0 Å². The first-order valence-electron chi connectivity index (χ1n) is 38.3. The van der Waals surface area contributed by atoms with E-state index < -0.39 is 0 Å². The molecule has 3 heterocycles. The molecule has 4 aromatic carbocycles. The number of hydrogen-bond acceptors (Lipinski definition) is 8. The summed E-state index contributed by atoms with van der Waals surface area (Å²) in [6, 6.07) is 26.3. The predicted molar refractivity (Wildman–Crippen MR) is 379 cm³/mol. The minimum absolute atomic E-state index is 0.211. The first-order chi connectivity index (χ1) is 46.2. The molecule has 6 amide bonds. The molecule has 2 bridgehead atoms. The fourth-order valence-electron chi connectivity index (χ4n) is 19.0. The van der Waals surface area contributed by atoms with Gasteiger partial charge in [-0.05, 0) is 189 Å². The molecule has 0 aromatic heterocycles. The summed E-state index contributed by atoms with van der Waals surface area (Å²) in [5.41, 5.74) is 3.40. The van der Waals surface area contributed by atoms with Crippen molar-refractivity contribution in [2.75, 3.05) is 19.6 Å². The highest BCUT2D eigenvalue weighted by Gasteiger charge is 2.57. The van der Waals surface area contributed by atoms with Crippen LogP contribution >= 0.6 is 0 Å². The van der Waals surface area contributed by atoms with Gasteiger partial charge in [0.25, 0.3) is 35.4 Å². The Morgan fingerprint density at radius 1 is 0.379 bits per heavy atom. The standard InChI is InChI=1S/C84H113N3O8/c1-6-9-12-15-17-22-27-32-70-60(34-33-59(29-24-14-11-8-3)69(70)31-26-21-16-13-10-7-2)30-25-20-18-19-23-28-49-85-80(90)71-45-43-67(54-76(71)82(85)92)94-65-39-35-63(36-40-65)84(4,5)64-37-41-66(42-38-64)95-68-44-46-72-77(55-68)83(93)87(81(72)91)57-62-52-61-53-74(62)75-51-58(50-73(61)75)56-86-78(88)47-48-79(86)89/h35-48,54-55,58-62,69-70,73-75H,6-34,49-53,56-57H2,1-5H3. The van der Waals surface area contributed by atoms with Gasteiger partial charge in [-0.3, -0.25) is 43.5 Å². The van der Waals surface area contributed by atoms with E-state index >= 15 is 0 Å². The minimum Gasteiger partial charge on any atom is -0.457 e. The third kappa shape index (κ3) is 16.8. The molecule has 0 saturated heterocycles. The number of carbonyl (C=O) groups excluding carboxylic acids is 6. The molecule has 0 N–H and O–H groups in total. The third-order valence-electron chi connectivity index (χ3n) is 24.3. The zero-order chi connectivity index (χ0) is 66.4. The van der Waals surface area contributed by atoms with Crippen LogP contribution in [0.3, 0.4) is 0 Å². The Bertz CT molecular complexity index is 3270. The van der Waals surface area contributed by atoms with Crippen molar-refractivity contribution in [3.8, 4) is 23.0 Å². The van der Waals surface area contributed by atoms with E-state index in [4.69, 9.17) is 9.47 Å². The maximum Gasteiger partial charge on any atom is 0.261 e. The van der Waals surface area contributed by atoms with Crippen LogP contribution in [-0.2, 0) is 15.0 Å². The average Bonchev–Trinajstić information content (AvgIpc) is 1.60. The number of benzene rings is 4. The Kier molecular flexibility index (Phi) is 24.5. The van der Waals surface area contributed by atoms with Crippen molar-refractivity contribution in [3.05, 3.63) is 130 Å². The summed E-state index contributed by atoms with van der Waals surface area (Å²) in [5.74, 6) is 7.16. The second-order valence-electron chi connectivity index (χ2n) is 30.9. The van der Waals surface area contributed by atoms with Crippen LogP contribution in [0, 0.1) is 59.2 Å². The smallest absolute Gasteiger partial charge is 0.261 e. The van der Waals surface area contributed by atoms with Gasteiger partial charge in [0.1, 0.15) is 23.0 Å². The zero-order valence-electron chi connectivity index (χ0n) is 58.6. The van der Waals surface area contributed by atoms with Crippen molar-refractivity contribution < 1.29 is 38.2 Å². The monoisotopic (exact) mass is 1290 g/mol. The van der Waals surface area contributed by atoms with Gasteiger partial charge in [0, 0.05) is 37.2 Å². The Morgan fingerprint density at radius 2 is 0.789 bits per heavy atom. The number of fused-ring (bicyclic) bond motifs is 7. The summed E-state index contributed by atoms with van der Waals surface area (Å²) in [5, 5.41) is 0. The van der Waals surface area contributed by atoms with Crippen LogP contribution in [0.4, 0.5) is 0 Å². The molecule has 0 radical (unpaired) electrons. The van der Waals surface area contributed by atoms with E-state index in [-0.39, 0.29) is 46.8 Å². The molecule has 4 aromatic rings. The van der Waals surface area contributed by atoms with Crippen LogP contribution in [0.2, 0.25) is 0 Å². The minimum atomic E-state index is -0.380. The van der Waals surface area contributed by atoms with Gasteiger partial charge in [0.15, 0.2) is 0 Å². The Morgan fingerprint density at radius 3 is 1.29 bits per heavy atom. The molecular formula is C84H113N3O8. The third-order valence-corrected chi connectivity index (χ3v) is 24.3. The maximum atomic E-state index is 13.9. The number of ether oxygens (including phenoxy) is 2. The molecule has 4 aliphatic carbocycles. The molecule has 512 valence electrons. The van der Waals surface area contributed by atoms with Gasteiger partial charge in [0.2, 0.25) is 0 Å². The first kappa shape index (κ1) is 70.0. The molecule has 95 heavy (non-hydrogen) atoms. The topological polar surface area (TPSA) is 131 Å². The van der Waals surface area contributed by atoms with Gasteiger partial charge >= 0.3 is 0 Å². The highest BCUT2D eigenvalue weighted by Crippen LogP contribution is 2.62. The SMILES string of the molecule is CCCCCCCCCC1C(CCCCCCCCN2C(=O)c3ccc(Oc4ccc(C(C)(C)c5ccc(Oc6ccc7c(c6)C(=O)N(CC6CC8CC6C6CC(CN9C(=O)C=CC9=O)CC86)C7=O)cc5)cc4)cc3C2=O)CCC(CCCCCC)C1CCCCCCCC. The molecule has 10 atom stereocenters. The molecule has 4 saturated carbocycles. The van der Waals surface area contributed by atoms with Crippen molar-refractivity contribution >= 4 is 35.4 Å². The number of carbonyl (C=O) groups is 6. The van der Waals surface area contributed by atoms with Gasteiger partial charge in [0.05, 0.1) is 22.3 Å². The number of unbranched alkanes of at least 4 members (excludes halogenated alkanes) is 19. The lowest BCUT2D eigenvalue weighted by molar-refractivity contribution is -0.137. The largest absolute Gasteiger partial charge is 0.457 e. The summed E-state index contributed by atoms with van der Waals surface area (Å²) in [4.78, 5) is 83.9. The highest BCUT2D eigenvalue weighted by atomic mass is 16.5. The number of imide groups is 3. The second kappa shape index (κ2) is 33.3. The summed E-state index contributed by atoms with van der Waals surface area (Å²) in [6.07, 6.45) is 46.2. The van der Waals surface area contributed by atoms with E-state index in [1.165, 1.54) is 194 Å². The second-order valence-corrected chi connectivity index (χ2v) is 30.9. The molecule has 11 nitrogen and oxygen atoms in total. The first-order valence-corrected chi connectivity index (χ1v) is 38.3. The lowest BCUT2D eigenvalue weighted by Crippen LogP contribution is -2.38. The van der Waals surface area contributed by atoms with Crippen LogP contribution < -0.4 is 9.47 Å². The summed E-state index contributed by atoms with van der Waals surface area (Å²) < 4.78 is 12.6. The molecule has 4 fully saturated rings. The highest BCUT2D eigenvalue weighted by molar-refractivity contribution is 6.22. The average molecular weight is 1290 g/mol. The number of nitrogens with zero attached hydrogens (tertiary/aromatic N) is 3. The number of amides is 6. The number of hydrogen-bond donors (Lipinski definition) is 0. The van der Waals surface area contributed by atoms with Crippen molar-refractivity contribution in [3.63, 3.8) is 0 Å². The van der Waals surface area contributed by atoms with E-state index in [1.54, 1.807) is 36.4 Å². The molecule has 11 heteroatoms. The lowest BCUT2D eigenvalue weighted by Gasteiger charge is -2.44. The van der Waals surface area contributed by atoms with Crippen molar-refractivity contribution in [1.29, 1.82) is 0 Å². The van der Waals surface area contributed by atoms with E-state index in [9.17, 15) is 28.8 Å². The van der Waals surface area contributed by atoms with E-state index in [0.717, 1.165) is 79.7 Å². The predicted octanol–water partition coefficient (Wildman–Crippen LogP) is 20.9. The quantitative estimate of drug-likeness (QED) is 0.0319.